The molecular formula is C15H18N4O2. The second kappa shape index (κ2) is 5.27. The predicted molar refractivity (Wildman–Crippen MR) is 79.4 cm³/mol. The van der Waals surface area contributed by atoms with Crippen LogP contribution in [-0.4, -0.2) is 39.1 Å². The van der Waals surface area contributed by atoms with Crippen molar-refractivity contribution in [2.24, 2.45) is 5.92 Å². The number of fused-ring (bicyclic) bond motifs is 1. The van der Waals surface area contributed by atoms with Gasteiger partial charge in [-0.3, -0.25) is 4.79 Å². The van der Waals surface area contributed by atoms with Crippen molar-refractivity contribution in [2.45, 2.75) is 26.7 Å². The van der Waals surface area contributed by atoms with E-state index in [0.29, 0.717) is 12.2 Å². The average molecular weight is 286 g/mol. The first-order valence-corrected chi connectivity index (χ1v) is 7.13. The molecule has 3 heterocycles. The number of aryl methyl sites for hydroxylation is 2. The van der Waals surface area contributed by atoms with Crippen LogP contribution in [0.3, 0.4) is 0 Å². The number of pyridine rings is 1. The number of aromatic nitrogens is 3. The summed E-state index contributed by atoms with van der Waals surface area (Å²) in [6.07, 6.45) is 3.38. The van der Waals surface area contributed by atoms with Gasteiger partial charge in [-0.1, -0.05) is 0 Å². The molecule has 21 heavy (non-hydrogen) atoms. The lowest BCUT2D eigenvalue weighted by atomic mass is 9.98. The van der Waals surface area contributed by atoms with E-state index in [1.807, 2.05) is 19.9 Å². The van der Waals surface area contributed by atoms with Gasteiger partial charge in [0.05, 0.1) is 29.2 Å². The zero-order chi connectivity index (χ0) is 15.0. The fourth-order valence-corrected chi connectivity index (χ4v) is 2.69. The van der Waals surface area contributed by atoms with E-state index in [2.05, 4.69) is 19.9 Å². The number of carboxylic acid groups (broad SMARTS) is 1. The number of hydrogen-bond acceptors (Lipinski definition) is 5. The lowest BCUT2D eigenvalue weighted by Gasteiger charge is -2.32. The van der Waals surface area contributed by atoms with Gasteiger partial charge < -0.3 is 10.0 Å². The zero-order valence-electron chi connectivity index (χ0n) is 12.2. The molecule has 1 atom stereocenters. The van der Waals surface area contributed by atoms with Crippen molar-refractivity contribution in [1.82, 2.24) is 15.0 Å². The molecule has 1 fully saturated rings. The summed E-state index contributed by atoms with van der Waals surface area (Å²) in [5, 5.41) is 9.18. The first-order valence-electron chi connectivity index (χ1n) is 7.13. The molecule has 2 aromatic rings. The Kier molecular flexibility index (Phi) is 3.45. The van der Waals surface area contributed by atoms with Crippen LogP contribution in [0.1, 0.15) is 24.2 Å². The van der Waals surface area contributed by atoms with E-state index in [0.717, 1.165) is 42.0 Å². The molecule has 0 saturated carbocycles. The molecule has 0 unspecified atom stereocenters. The van der Waals surface area contributed by atoms with E-state index in [9.17, 15) is 9.90 Å². The summed E-state index contributed by atoms with van der Waals surface area (Å²) < 4.78 is 0. The number of hydrogen-bond donors (Lipinski definition) is 1. The standard InChI is InChI=1S/C15H18N4O2/c1-9-10(2)18-14-13(17-9)6-12(7-16-14)19-5-3-4-11(8-19)15(20)21/h6-7,11H,3-5,8H2,1-2H3,(H,20,21)/t11-/m1/s1. The highest BCUT2D eigenvalue weighted by Crippen LogP contribution is 2.24. The Morgan fingerprint density at radius 1 is 1.33 bits per heavy atom. The highest BCUT2D eigenvalue weighted by molar-refractivity contribution is 5.75. The Morgan fingerprint density at radius 3 is 2.86 bits per heavy atom. The molecule has 1 N–H and O–H groups in total. The maximum Gasteiger partial charge on any atom is 0.308 e. The van der Waals surface area contributed by atoms with Crippen LogP contribution in [-0.2, 0) is 4.79 Å². The molecule has 0 amide bonds. The summed E-state index contributed by atoms with van der Waals surface area (Å²) in [5.41, 5.74) is 4.09. The molecule has 1 aliphatic rings. The smallest absolute Gasteiger partial charge is 0.308 e. The minimum absolute atomic E-state index is 0.305. The van der Waals surface area contributed by atoms with Crippen LogP contribution in [0.5, 0.6) is 0 Å². The van der Waals surface area contributed by atoms with Gasteiger partial charge in [-0.15, -0.1) is 0 Å². The van der Waals surface area contributed by atoms with E-state index in [1.165, 1.54) is 0 Å². The Morgan fingerprint density at radius 2 is 2.10 bits per heavy atom. The van der Waals surface area contributed by atoms with E-state index in [1.54, 1.807) is 6.20 Å². The molecular weight excluding hydrogens is 268 g/mol. The van der Waals surface area contributed by atoms with Crippen LogP contribution in [0.2, 0.25) is 0 Å². The molecule has 6 nitrogen and oxygen atoms in total. The van der Waals surface area contributed by atoms with Crippen molar-refractivity contribution >= 4 is 22.8 Å². The van der Waals surface area contributed by atoms with Crippen LogP contribution in [0, 0.1) is 19.8 Å². The number of aliphatic carboxylic acids is 1. The summed E-state index contributed by atoms with van der Waals surface area (Å²) >= 11 is 0. The lowest BCUT2D eigenvalue weighted by molar-refractivity contribution is -0.141. The number of rotatable bonds is 2. The highest BCUT2D eigenvalue weighted by Gasteiger charge is 2.25. The summed E-state index contributed by atoms with van der Waals surface area (Å²) in [5.74, 6) is -1.03. The van der Waals surface area contributed by atoms with Gasteiger partial charge in [-0.25, -0.2) is 15.0 Å². The van der Waals surface area contributed by atoms with E-state index >= 15 is 0 Å². The Balaban J connectivity index is 1.93. The Bertz CT molecular complexity index is 701. The van der Waals surface area contributed by atoms with Crippen molar-refractivity contribution in [3.8, 4) is 0 Å². The van der Waals surface area contributed by atoms with Gasteiger partial charge in [-0.2, -0.15) is 0 Å². The molecule has 110 valence electrons. The van der Waals surface area contributed by atoms with Crippen LogP contribution in [0.25, 0.3) is 11.2 Å². The van der Waals surface area contributed by atoms with Crippen molar-refractivity contribution < 1.29 is 9.90 Å². The topological polar surface area (TPSA) is 79.2 Å². The van der Waals surface area contributed by atoms with E-state index in [-0.39, 0.29) is 5.92 Å². The number of carbonyl (C=O) groups is 1. The molecule has 1 aliphatic heterocycles. The molecule has 6 heteroatoms. The summed E-state index contributed by atoms with van der Waals surface area (Å²) in [6.45, 7) is 5.23. The van der Waals surface area contributed by atoms with Gasteiger partial charge in [0.25, 0.3) is 0 Å². The predicted octanol–water partition coefficient (Wildman–Crippen LogP) is 1.94. The molecule has 0 radical (unpaired) electrons. The van der Waals surface area contributed by atoms with Crippen LogP contribution in [0.15, 0.2) is 12.3 Å². The number of nitrogens with zero attached hydrogens (tertiary/aromatic N) is 4. The van der Waals surface area contributed by atoms with E-state index in [4.69, 9.17) is 0 Å². The third-order valence-electron chi connectivity index (χ3n) is 4.05. The normalized spacial score (nSPS) is 19.0. The van der Waals surface area contributed by atoms with Crippen LogP contribution in [0.4, 0.5) is 5.69 Å². The van der Waals surface area contributed by atoms with Crippen molar-refractivity contribution in [3.05, 3.63) is 23.7 Å². The zero-order valence-corrected chi connectivity index (χ0v) is 12.2. The highest BCUT2D eigenvalue weighted by atomic mass is 16.4. The molecule has 0 spiro atoms. The third-order valence-corrected chi connectivity index (χ3v) is 4.05. The fraction of sp³-hybridized carbons (Fsp3) is 0.467. The maximum atomic E-state index is 11.2. The summed E-state index contributed by atoms with van der Waals surface area (Å²) in [7, 11) is 0. The SMILES string of the molecule is Cc1nc2cc(N3CCC[C@@H](C(=O)O)C3)cnc2nc1C. The quantitative estimate of drug-likeness (QED) is 0.909. The molecule has 0 bridgehead atoms. The van der Waals surface area contributed by atoms with E-state index < -0.39 is 5.97 Å². The minimum atomic E-state index is -0.722. The van der Waals surface area contributed by atoms with Crippen molar-refractivity contribution in [2.75, 3.05) is 18.0 Å². The van der Waals surface area contributed by atoms with Gasteiger partial charge in [-0.05, 0) is 32.8 Å². The first-order chi connectivity index (χ1) is 10.0. The maximum absolute atomic E-state index is 11.2. The minimum Gasteiger partial charge on any atom is -0.481 e. The molecule has 3 rings (SSSR count). The second-order valence-electron chi connectivity index (χ2n) is 5.55. The van der Waals surface area contributed by atoms with Crippen molar-refractivity contribution in [3.63, 3.8) is 0 Å². The third kappa shape index (κ3) is 2.66. The number of piperidine rings is 1. The van der Waals surface area contributed by atoms with Crippen LogP contribution >= 0.6 is 0 Å². The lowest BCUT2D eigenvalue weighted by Crippen LogP contribution is -2.38. The van der Waals surface area contributed by atoms with Gasteiger partial charge in [0.1, 0.15) is 5.52 Å². The van der Waals surface area contributed by atoms with Crippen LogP contribution < -0.4 is 4.90 Å². The second-order valence-corrected chi connectivity index (χ2v) is 5.55. The van der Waals surface area contributed by atoms with Crippen molar-refractivity contribution in [1.29, 1.82) is 0 Å². The molecule has 1 saturated heterocycles. The fourth-order valence-electron chi connectivity index (χ4n) is 2.69. The van der Waals surface area contributed by atoms with Gasteiger partial charge in [0.2, 0.25) is 0 Å². The molecule has 0 aliphatic carbocycles. The average Bonchev–Trinajstić information content (AvgIpc) is 2.48. The first kappa shape index (κ1) is 13.7. The van der Waals surface area contributed by atoms with Gasteiger partial charge >= 0.3 is 5.97 Å². The Labute approximate surface area is 122 Å². The number of anilines is 1. The molecule has 0 aromatic carbocycles. The Hall–Kier alpha value is -2.24. The summed E-state index contributed by atoms with van der Waals surface area (Å²) in [6, 6.07) is 1.95. The van der Waals surface area contributed by atoms with Gasteiger partial charge in [0, 0.05) is 13.1 Å². The molecule has 2 aromatic heterocycles. The summed E-state index contributed by atoms with van der Waals surface area (Å²) in [4.78, 5) is 26.5. The number of carboxylic acids is 1. The monoisotopic (exact) mass is 286 g/mol. The van der Waals surface area contributed by atoms with Gasteiger partial charge in [0.15, 0.2) is 5.65 Å². The largest absolute Gasteiger partial charge is 0.481 e.